The molecule has 0 unspecified atom stereocenters. The molecule has 27 heavy (non-hydrogen) atoms. The van der Waals surface area contributed by atoms with Crippen molar-refractivity contribution < 1.29 is 23.1 Å². The Bertz CT molecular complexity index is 847. The smallest absolute Gasteiger partial charge is 0.430 e. The second-order valence-electron chi connectivity index (χ2n) is 5.79. The molecular formula is C21H17F3O2S. The summed E-state index contributed by atoms with van der Waals surface area (Å²) in [5.41, 5.74) is 5.29. The molecular weight excluding hydrogens is 373 g/mol. The molecule has 0 aliphatic rings. The van der Waals surface area contributed by atoms with Gasteiger partial charge in [0.2, 0.25) is 21.1 Å². The number of rotatable bonds is 2. The zero-order valence-corrected chi connectivity index (χ0v) is 15.5. The van der Waals surface area contributed by atoms with Gasteiger partial charge in [-0.05, 0) is 44.2 Å². The molecule has 0 N–H and O–H groups in total. The van der Waals surface area contributed by atoms with Gasteiger partial charge in [0, 0.05) is 22.3 Å². The lowest BCUT2D eigenvalue weighted by Crippen LogP contribution is -2.37. The van der Waals surface area contributed by atoms with E-state index in [1.54, 1.807) is 0 Å². The number of carboxylic acids is 1. The van der Waals surface area contributed by atoms with E-state index in [-0.39, 0.29) is 0 Å². The highest BCUT2D eigenvalue weighted by atomic mass is 32.1. The van der Waals surface area contributed by atoms with Gasteiger partial charge in [-0.15, -0.1) is 0 Å². The summed E-state index contributed by atoms with van der Waals surface area (Å²) >= 11 is 1.88. The van der Waals surface area contributed by atoms with E-state index in [1.807, 2.05) is 11.3 Å². The molecule has 0 aliphatic carbocycles. The van der Waals surface area contributed by atoms with Crippen molar-refractivity contribution in [1.82, 2.24) is 0 Å². The average molecular weight is 390 g/mol. The number of aliphatic carboxylic acids is 1. The Morgan fingerprint density at radius 2 is 1.15 bits per heavy atom. The molecule has 0 aliphatic heterocycles. The zero-order chi connectivity index (χ0) is 20.0. The first-order valence-electron chi connectivity index (χ1n) is 8.03. The van der Waals surface area contributed by atoms with Crippen LogP contribution in [0.1, 0.15) is 11.1 Å². The van der Waals surface area contributed by atoms with E-state index in [0.29, 0.717) is 0 Å². The SMILES string of the molecule is Cc1cc(C)c(-c2ccccc2)[s+]c1-c1ccccc1.O=C([O-])C(F)(F)F. The Kier molecular flexibility index (Phi) is 6.69. The molecule has 0 spiro atoms. The van der Waals surface area contributed by atoms with Crippen molar-refractivity contribution in [3.63, 3.8) is 0 Å². The fourth-order valence-electron chi connectivity index (χ4n) is 2.47. The number of aryl methyl sites for hydroxylation is 2. The molecule has 2 aromatic carbocycles. The van der Waals surface area contributed by atoms with Crippen molar-refractivity contribution in [2.24, 2.45) is 0 Å². The van der Waals surface area contributed by atoms with Crippen LogP contribution in [-0.2, 0) is 4.79 Å². The summed E-state index contributed by atoms with van der Waals surface area (Å²) < 4.78 is 31.5. The first kappa shape index (κ1) is 20.6. The van der Waals surface area contributed by atoms with E-state index in [2.05, 4.69) is 80.6 Å². The highest BCUT2D eigenvalue weighted by molar-refractivity contribution is 7.18. The highest BCUT2D eigenvalue weighted by Gasteiger charge is 2.28. The number of carbonyl (C=O) groups excluding carboxylic acids is 1. The molecule has 1 aromatic heterocycles. The standard InChI is InChI=1S/C19H17S.C2HF3O2/c1-14-13-15(2)19(17-11-7-4-8-12-17)20-18(14)16-9-5-3-6-10-16;3-2(4,5)1(6)7/h3-13H,1-2H3;(H,6,7)/q+1;/p-1. The van der Waals surface area contributed by atoms with Gasteiger partial charge in [-0.25, -0.2) is 0 Å². The van der Waals surface area contributed by atoms with Crippen LogP contribution in [0.3, 0.4) is 0 Å². The van der Waals surface area contributed by atoms with E-state index in [4.69, 9.17) is 9.90 Å². The Labute approximate surface area is 159 Å². The molecule has 3 aromatic rings. The minimum atomic E-state index is -5.19. The van der Waals surface area contributed by atoms with Gasteiger partial charge in [-0.2, -0.15) is 13.2 Å². The number of benzene rings is 2. The molecule has 0 amide bonds. The van der Waals surface area contributed by atoms with Crippen LogP contribution < -0.4 is 5.11 Å². The van der Waals surface area contributed by atoms with Crippen molar-refractivity contribution in [3.05, 3.63) is 77.9 Å². The van der Waals surface area contributed by atoms with Gasteiger partial charge in [0.05, 0.1) is 0 Å². The molecule has 0 saturated heterocycles. The van der Waals surface area contributed by atoms with Gasteiger partial charge in [-0.3, -0.25) is 0 Å². The normalized spacial score (nSPS) is 10.7. The largest absolute Gasteiger partial charge is 0.542 e. The number of halogens is 3. The molecule has 6 heteroatoms. The van der Waals surface area contributed by atoms with Crippen LogP contribution in [0, 0.1) is 13.8 Å². The summed E-state index contributed by atoms with van der Waals surface area (Å²) in [4.78, 5) is 11.5. The summed E-state index contributed by atoms with van der Waals surface area (Å²) in [7, 11) is 0. The van der Waals surface area contributed by atoms with E-state index in [1.165, 1.54) is 32.0 Å². The first-order valence-corrected chi connectivity index (χ1v) is 8.85. The molecule has 0 saturated carbocycles. The topological polar surface area (TPSA) is 40.1 Å². The minimum Gasteiger partial charge on any atom is -0.542 e. The number of carbonyl (C=O) groups is 1. The average Bonchev–Trinajstić information content (AvgIpc) is 2.63. The van der Waals surface area contributed by atoms with E-state index in [9.17, 15) is 13.2 Å². The van der Waals surface area contributed by atoms with Crippen LogP contribution in [0.5, 0.6) is 0 Å². The third-order valence-electron chi connectivity index (χ3n) is 3.66. The molecule has 0 fully saturated rings. The summed E-state index contributed by atoms with van der Waals surface area (Å²) in [6.07, 6.45) is -5.19. The van der Waals surface area contributed by atoms with Crippen LogP contribution in [0.25, 0.3) is 20.9 Å². The van der Waals surface area contributed by atoms with Gasteiger partial charge in [0.15, 0.2) is 0 Å². The summed E-state index contributed by atoms with van der Waals surface area (Å²) in [6.45, 7) is 4.39. The minimum absolute atomic E-state index is 1.30. The molecule has 140 valence electrons. The van der Waals surface area contributed by atoms with Crippen LogP contribution in [0.2, 0.25) is 0 Å². The maximum absolute atomic E-state index is 10.5. The molecule has 3 rings (SSSR count). The van der Waals surface area contributed by atoms with Crippen molar-refractivity contribution in [2.45, 2.75) is 20.0 Å². The monoisotopic (exact) mass is 390 g/mol. The van der Waals surface area contributed by atoms with E-state index < -0.39 is 12.1 Å². The fourth-order valence-corrected chi connectivity index (χ4v) is 3.62. The predicted molar refractivity (Wildman–Crippen MR) is 100 cm³/mol. The third-order valence-corrected chi connectivity index (χ3v) is 5.18. The number of alkyl halides is 3. The van der Waals surface area contributed by atoms with E-state index >= 15 is 0 Å². The van der Waals surface area contributed by atoms with Crippen LogP contribution >= 0.6 is 11.3 Å². The number of hydrogen-bond acceptors (Lipinski definition) is 2. The van der Waals surface area contributed by atoms with Gasteiger partial charge < -0.3 is 9.90 Å². The highest BCUT2D eigenvalue weighted by Crippen LogP contribution is 2.37. The zero-order valence-electron chi connectivity index (χ0n) is 14.7. The molecule has 2 nitrogen and oxygen atoms in total. The lowest BCUT2D eigenvalue weighted by Gasteiger charge is -2.03. The number of hydrogen-bond donors (Lipinski definition) is 0. The van der Waals surface area contributed by atoms with Gasteiger partial charge in [-0.1, -0.05) is 36.4 Å². The van der Waals surface area contributed by atoms with Crippen molar-refractivity contribution in [1.29, 1.82) is 0 Å². The maximum Gasteiger partial charge on any atom is 0.430 e. The van der Waals surface area contributed by atoms with Crippen molar-refractivity contribution in [3.8, 4) is 20.9 Å². The maximum atomic E-state index is 10.5. The second-order valence-corrected chi connectivity index (χ2v) is 6.81. The summed E-state index contributed by atoms with van der Waals surface area (Å²) in [5.74, 6) is -3.01. The molecule has 0 atom stereocenters. The Balaban J connectivity index is 0.000000321. The van der Waals surface area contributed by atoms with Crippen molar-refractivity contribution in [2.75, 3.05) is 0 Å². The van der Waals surface area contributed by atoms with Crippen molar-refractivity contribution >= 4 is 17.3 Å². The second kappa shape index (κ2) is 8.77. The predicted octanol–water partition coefficient (Wildman–Crippen LogP) is 5.28. The van der Waals surface area contributed by atoms with Gasteiger partial charge in [0.1, 0.15) is 5.97 Å². The van der Waals surface area contributed by atoms with Crippen LogP contribution in [0.4, 0.5) is 13.2 Å². The number of carboxylic acid groups (broad SMARTS) is 1. The fraction of sp³-hybridized carbons (Fsp3) is 0.143. The lowest BCUT2D eigenvalue weighted by atomic mass is 10.1. The first-order chi connectivity index (χ1) is 12.7. The summed E-state index contributed by atoms with van der Waals surface area (Å²) in [6, 6.07) is 23.6. The Morgan fingerprint density at radius 3 is 1.44 bits per heavy atom. The molecule has 0 bridgehead atoms. The Morgan fingerprint density at radius 1 is 0.815 bits per heavy atom. The summed E-state index contributed by atoms with van der Waals surface area (Å²) in [5, 5.41) is 8.78. The van der Waals surface area contributed by atoms with E-state index in [0.717, 1.165) is 0 Å². The van der Waals surface area contributed by atoms with Gasteiger partial charge in [0.25, 0.3) is 0 Å². The van der Waals surface area contributed by atoms with Crippen LogP contribution in [0.15, 0.2) is 66.7 Å². The molecule has 1 heterocycles. The molecule has 0 radical (unpaired) electrons. The van der Waals surface area contributed by atoms with Crippen LogP contribution in [-0.4, -0.2) is 12.1 Å². The quantitative estimate of drug-likeness (QED) is 0.559. The van der Waals surface area contributed by atoms with Gasteiger partial charge >= 0.3 is 6.18 Å². The Hall–Kier alpha value is -2.73. The third kappa shape index (κ3) is 5.62. The lowest BCUT2D eigenvalue weighted by molar-refractivity contribution is -0.344.